The first kappa shape index (κ1) is 29.6. The maximum atomic E-state index is 13.3. The lowest BCUT2D eigenvalue weighted by Crippen LogP contribution is -2.62. The van der Waals surface area contributed by atoms with Gasteiger partial charge in [0.15, 0.2) is 0 Å². The predicted molar refractivity (Wildman–Crippen MR) is 137 cm³/mol. The number of aliphatic hydroxyl groups is 2. The smallest absolute Gasteiger partial charge is 0.245 e. The zero-order valence-electron chi connectivity index (χ0n) is 20.8. The molecule has 8 unspecified atom stereocenters. The molecule has 12 nitrogen and oxygen atoms in total. The molecule has 0 saturated carbocycles. The van der Waals surface area contributed by atoms with Gasteiger partial charge in [0.25, 0.3) is 0 Å². The molecule has 0 spiro atoms. The largest absolute Gasteiger partial charge is 0.394 e. The molecular weight excluding hydrogens is 541 g/mol. The molecule has 38 heavy (non-hydrogen) atoms. The third-order valence-electron chi connectivity index (χ3n) is 6.44. The summed E-state index contributed by atoms with van der Waals surface area (Å²) in [5, 5.41) is 28.1. The highest BCUT2D eigenvalue weighted by molar-refractivity contribution is 6.32. The van der Waals surface area contributed by atoms with Crippen LogP contribution in [0.25, 0.3) is 0 Å². The van der Waals surface area contributed by atoms with E-state index in [0.717, 1.165) is 4.90 Å². The second kappa shape index (κ2) is 12.7. The molecule has 8 atom stereocenters. The lowest BCUT2D eigenvalue weighted by molar-refractivity contribution is -0.142. The molecule has 2 saturated heterocycles. The number of hydrogen-bond acceptors (Lipinski definition) is 7. The van der Waals surface area contributed by atoms with Crippen molar-refractivity contribution in [2.45, 2.75) is 67.3 Å². The molecule has 1 aromatic rings. The van der Waals surface area contributed by atoms with Gasteiger partial charge in [0, 0.05) is 6.54 Å². The van der Waals surface area contributed by atoms with Crippen LogP contribution < -0.4 is 21.3 Å². The molecule has 5 amide bonds. The summed E-state index contributed by atoms with van der Waals surface area (Å²) in [5.74, 6) is -3.82. The van der Waals surface area contributed by atoms with E-state index in [1.54, 1.807) is 30.3 Å². The standard InChI is InChI=1S/C24H31Cl2N5O7/c1-11-24(38)31-9-14(25)18(26)20(31)23(37)30-19(12(2)33)22(36)29-16(10-32)21(35)28-15(8-17(34)27-11)13-6-4-3-5-7-13/h3-7,11-12,14-16,18-20,32-33H,8-10H2,1-2H3,(H,27,34)(H,28,35)(H,29,36)(H,30,37). The van der Waals surface area contributed by atoms with E-state index in [2.05, 4.69) is 21.3 Å². The van der Waals surface area contributed by atoms with Crippen molar-refractivity contribution in [3.05, 3.63) is 35.9 Å². The normalized spacial score (nSPS) is 32.5. The highest BCUT2D eigenvalue weighted by atomic mass is 35.5. The minimum Gasteiger partial charge on any atom is -0.394 e. The molecule has 208 valence electrons. The number of amides is 5. The van der Waals surface area contributed by atoms with Crippen molar-refractivity contribution in [2.24, 2.45) is 0 Å². The predicted octanol–water partition coefficient (Wildman–Crippen LogP) is -1.48. The highest BCUT2D eigenvalue weighted by Gasteiger charge is 2.48. The second-order valence-electron chi connectivity index (χ2n) is 9.33. The fourth-order valence-corrected chi connectivity index (χ4v) is 5.01. The Kier molecular flexibility index (Phi) is 9.94. The van der Waals surface area contributed by atoms with Crippen LogP contribution in [0.4, 0.5) is 0 Å². The van der Waals surface area contributed by atoms with Gasteiger partial charge in [0.2, 0.25) is 29.5 Å². The molecule has 3 rings (SSSR count). The maximum Gasteiger partial charge on any atom is 0.245 e. The van der Waals surface area contributed by atoms with Gasteiger partial charge in [-0.1, -0.05) is 30.3 Å². The second-order valence-corrected chi connectivity index (χ2v) is 10.4. The van der Waals surface area contributed by atoms with Crippen LogP contribution in [0.15, 0.2) is 30.3 Å². The summed E-state index contributed by atoms with van der Waals surface area (Å²) in [6, 6.07) is 2.30. The maximum absolute atomic E-state index is 13.3. The van der Waals surface area contributed by atoms with Gasteiger partial charge in [-0.05, 0) is 19.4 Å². The van der Waals surface area contributed by atoms with E-state index in [9.17, 15) is 34.2 Å². The number of carbonyl (C=O) groups is 5. The fraction of sp³-hybridized carbons (Fsp3) is 0.542. The molecule has 2 aliphatic rings. The van der Waals surface area contributed by atoms with E-state index in [1.165, 1.54) is 13.8 Å². The monoisotopic (exact) mass is 571 g/mol. The average Bonchev–Trinajstić information content (AvgIpc) is 3.18. The summed E-state index contributed by atoms with van der Waals surface area (Å²) in [6.45, 7) is 1.80. The van der Waals surface area contributed by atoms with Gasteiger partial charge in [-0.15, -0.1) is 23.2 Å². The summed E-state index contributed by atoms with van der Waals surface area (Å²) in [7, 11) is 0. The lowest BCUT2D eigenvalue weighted by atomic mass is 10.0. The van der Waals surface area contributed by atoms with Gasteiger partial charge < -0.3 is 36.4 Å². The van der Waals surface area contributed by atoms with Crippen molar-refractivity contribution in [2.75, 3.05) is 13.2 Å². The Morgan fingerprint density at radius 1 is 0.974 bits per heavy atom. The first-order chi connectivity index (χ1) is 17.9. The summed E-state index contributed by atoms with van der Waals surface area (Å²) >= 11 is 12.6. The molecule has 0 bridgehead atoms. The van der Waals surface area contributed by atoms with Crippen LogP contribution in [0.2, 0.25) is 0 Å². The van der Waals surface area contributed by atoms with Crippen LogP contribution in [-0.4, -0.2) is 98.8 Å². The molecular formula is C24H31Cl2N5O7. The topological polar surface area (TPSA) is 177 Å². The lowest BCUT2D eigenvalue weighted by Gasteiger charge is -2.31. The van der Waals surface area contributed by atoms with Crippen molar-refractivity contribution in [1.82, 2.24) is 26.2 Å². The third kappa shape index (κ3) is 6.73. The SMILES string of the molecule is CC1NC(=O)CC(c2ccccc2)NC(=O)C(CO)NC(=O)C(C(C)O)NC(=O)C2C(Cl)C(Cl)CN2C1=O. The molecule has 14 heteroatoms. The van der Waals surface area contributed by atoms with Gasteiger partial charge in [0.1, 0.15) is 24.2 Å². The summed E-state index contributed by atoms with van der Waals surface area (Å²) in [5.41, 5.74) is 0.572. The quantitative estimate of drug-likeness (QED) is 0.239. The van der Waals surface area contributed by atoms with Crippen LogP contribution in [0.3, 0.4) is 0 Å². The van der Waals surface area contributed by atoms with E-state index in [-0.39, 0.29) is 13.0 Å². The molecule has 1 aromatic carbocycles. The third-order valence-corrected chi connectivity index (χ3v) is 7.52. The van der Waals surface area contributed by atoms with E-state index >= 15 is 0 Å². The van der Waals surface area contributed by atoms with E-state index in [1.807, 2.05) is 0 Å². The number of alkyl halides is 2. The molecule has 2 aliphatic heterocycles. The Morgan fingerprint density at radius 3 is 2.24 bits per heavy atom. The van der Waals surface area contributed by atoms with Crippen molar-refractivity contribution < 1.29 is 34.2 Å². The molecule has 0 aromatic heterocycles. The number of nitrogens with one attached hydrogen (secondary N) is 4. The Hall–Kier alpha value is -2.93. The Morgan fingerprint density at radius 2 is 1.63 bits per heavy atom. The van der Waals surface area contributed by atoms with E-state index < -0.39 is 83.2 Å². The zero-order chi connectivity index (χ0) is 28.1. The minimum absolute atomic E-state index is 0.0896. The summed E-state index contributed by atoms with van der Waals surface area (Å²) in [6.07, 6.45) is -1.68. The molecule has 6 N–H and O–H groups in total. The van der Waals surface area contributed by atoms with Crippen molar-refractivity contribution in [3.63, 3.8) is 0 Å². The number of rotatable bonds is 3. The molecule has 0 aliphatic carbocycles. The Bertz CT molecular complexity index is 1060. The first-order valence-electron chi connectivity index (χ1n) is 12.1. The van der Waals surface area contributed by atoms with E-state index in [4.69, 9.17) is 23.2 Å². The molecule has 0 radical (unpaired) electrons. The number of benzene rings is 1. The molecule has 2 fully saturated rings. The Balaban J connectivity index is 2.00. The van der Waals surface area contributed by atoms with Crippen molar-refractivity contribution in [3.8, 4) is 0 Å². The van der Waals surface area contributed by atoms with Gasteiger partial charge in [0.05, 0.1) is 35.9 Å². The average molecular weight is 572 g/mol. The Labute approximate surface area is 229 Å². The van der Waals surface area contributed by atoms with Gasteiger partial charge in [-0.2, -0.15) is 0 Å². The van der Waals surface area contributed by atoms with Gasteiger partial charge in [-0.25, -0.2) is 0 Å². The van der Waals surface area contributed by atoms with Gasteiger partial charge >= 0.3 is 0 Å². The number of fused-ring (bicyclic) bond motifs is 1. The highest BCUT2D eigenvalue weighted by Crippen LogP contribution is 2.29. The van der Waals surface area contributed by atoms with Gasteiger partial charge in [-0.3, -0.25) is 24.0 Å². The van der Waals surface area contributed by atoms with Crippen LogP contribution in [0, 0.1) is 0 Å². The van der Waals surface area contributed by atoms with E-state index in [0.29, 0.717) is 5.56 Å². The number of nitrogens with zero attached hydrogens (tertiary/aromatic N) is 1. The summed E-state index contributed by atoms with van der Waals surface area (Å²) in [4.78, 5) is 66.5. The van der Waals surface area contributed by atoms with Crippen molar-refractivity contribution in [1.29, 1.82) is 0 Å². The van der Waals surface area contributed by atoms with Crippen molar-refractivity contribution >= 4 is 52.7 Å². The molecule has 2 heterocycles. The number of hydrogen-bond donors (Lipinski definition) is 6. The van der Waals surface area contributed by atoms with Crippen LogP contribution >= 0.6 is 23.2 Å². The van der Waals surface area contributed by atoms with Crippen LogP contribution in [-0.2, 0) is 24.0 Å². The minimum atomic E-state index is -1.55. The summed E-state index contributed by atoms with van der Waals surface area (Å²) < 4.78 is 0. The van der Waals surface area contributed by atoms with Crippen LogP contribution in [0.5, 0.6) is 0 Å². The first-order valence-corrected chi connectivity index (χ1v) is 12.9. The fourth-order valence-electron chi connectivity index (χ4n) is 4.39. The van der Waals surface area contributed by atoms with Crippen LogP contribution in [0.1, 0.15) is 31.9 Å². The number of halogens is 2. The number of aliphatic hydroxyl groups excluding tert-OH is 2. The number of carbonyl (C=O) groups excluding carboxylic acids is 5. The zero-order valence-corrected chi connectivity index (χ0v) is 22.3.